The molecule has 0 radical (unpaired) electrons. The summed E-state index contributed by atoms with van der Waals surface area (Å²) >= 11 is 4.20. The minimum absolute atomic E-state index is 0.0483. The van der Waals surface area contributed by atoms with Gasteiger partial charge in [0.1, 0.15) is 0 Å². The molecule has 0 bridgehead atoms. The molecule has 1 N–H and O–H groups in total. The van der Waals surface area contributed by atoms with Crippen molar-refractivity contribution in [3.63, 3.8) is 0 Å². The van der Waals surface area contributed by atoms with Crippen LogP contribution in [0.2, 0.25) is 0 Å². The summed E-state index contributed by atoms with van der Waals surface area (Å²) in [5, 5.41) is 8.62. The molecule has 0 aliphatic rings. The summed E-state index contributed by atoms with van der Waals surface area (Å²) < 4.78 is 0. The summed E-state index contributed by atoms with van der Waals surface area (Å²) in [5.41, 5.74) is 1.93. The lowest BCUT2D eigenvalue weighted by Crippen LogP contribution is -2.01. The second kappa shape index (κ2) is 4.33. The van der Waals surface area contributed by atoms with Gasteiger partial charge in [-0.3, -0.25) is 4.79 Å². The summed E-state index contributed by atoms with van der Waals surface area (Å²) in [6.07, 6.45) is 0.966. The van der Waals surface area contributed by atoms with Gasteiger partial charge in [0.2, 0.25) is 0 Å². The van der Waals surface area contributed by atoms with Gasteiger partial charge in [-0.2, -0.15) is 0 Å². The molecule has 0 fully saturated rings. The number of aryl methyl sites for hydroxylation is 1. The Morgan fingerprint density at radius 3 is 2.77 bits per heavy atom. The van der Waals surface area contributed by atoms with Crippen LogP contribution in [0.3, 0.4) is 0 Å². The van der Waals surface area contributed by atoms with Crippen LogP contribution in [0.25, 0.3) is 0 Å². The normalized spacial score (nSPS) is 10.0. The first-order chi connectivity index (χ1) is 6.13. The first-order valence-electron chi connectivity index (χ1n) is 4.16. The van der Waals surface area contributed by atoms with E-state index < -0.39 is 5.97 Å². The lowest BCUT2D eigenvalue weighted by atomic mass is 10.1. The minimum Gasteiger partial charge on any atom is -0.481 e. The van der Waals surface area contributed by atoms with Crippen LogP contribution in [0.15, 0.2) is 23.1 Å². The number of carboxylic acids is 1. The molecular weight excluding hydrogens is 184 g/mol. The predicted molar refractivity (Wildman–Crippen MR) is 54.4 cm³/mol. The zero-order valence-corrected chi connectivity index (χ0v) is 8.34. The standard InChI is InChI=1S/C10H12O2S/c1-2-7-3-4-9(13)8(5-7)6-10(11)12/h3-5,13H,2,6H2,1H3,(H,11,12). The van der Waals surface area contributed by atoms with Crippen molar-refractivity contribution in [3.8, 4) is 0 Å². The van der Waals surface area contributed by atoms with Crippen molar-refractivity contribution in [2.24, 2.45) is 0 Å². The molecule has 0 aromatic heterocycles. The average Bonchev–Trinajstić information content (AvgIpc) is 2.08. The van der Waals surface area contributed by atoms with Gasteiger partial charge in [0.15, 0.2) is 0 Å². The Labute approximate surface area is 83.0 Å². The van der Waals surface area contributed by atoms with Crippen LogP contribution in [0, 0.1) is 0 Å². The van der Waals surface area contributed by atoms with Crippen LogP contribution in [0.4, 0.5) is 0 Å². The second-order valence-electron chi connectivity index (χ2n) is 2.89. The van der Waals surface area contributed by atoms with Crippen LogP contribution in [0.1, 0.15) is 18.1 Å². The van der Waals surface area contributed by atoms with Crippen LogP contribution in [0.5, 0.6) is 0 Å². The van der Waals surface area contributed by atoms with Crippen LogP contribution in [-0.4, -0.2) is 11.1 Å². The summed E-state index contributed by atoms with van der Waals surface area (Å²) in [6, 6.07) is 5.71. The molecular formula is C10H12O2S. The molecule has 0 amide bonds. The van der Waals surface area contributed by atoms with Gasteiger partial charge >= 0.3 is 5.97 Å². The Morgan fingerprint density at radius 1 is 1.54 bits per heavy atom. The molecule has 1 aromatic carbocycles. The summed E-state index contributed by atoms with van der Waals surface area (Å²) in [4.78, 5) is 11.2. The Kier molecular flexibility index (Phi) is 3.37. The lowest BCUT2D eigenvalue weighted by molar-refractivity contribution is -0.136. The summed E-state index contributed by atoms with van der Waals surface area (Å²) in [7, 11) is 0. The average molecular weight is 196 g/mol. The smallest absolute Gasteiger partial charge is 0.307 e. The molecule has 70 valence electrons. The molecule has 0 unspecified atom stereocenters. The number of carbonyl (C=O) groups is 1. The molecule has 0 spiro atoms. The Hall–Kier alpha value is -0.960. The Morgan fingerprint density at radius 2 is 2.23 bits per heavy atom. The minimum atomic E-state index is -0.816. The van der Waals surface area contributed by atoms with Gasteiger partial charge in [-0.15, -0.1) is 12.6 Å². The van der Waals surface area contributed by atoms with E-state index in [0.717, 1.165) is 22.4 Å². The van der Waals surface area contributed by atoms with Crippen LogP contribution in [-0.2, 0) is 17.6 Å². The Balaban J connectivity index is 2.96. The summed E-state index contributed by atoms with van der Waals surface area (Å²) in [5.74, 6) is -0.816. The maximum atomic E-state index is 10.5. The van der Waals surface area contributed by atoms with Gasteiger partial charge in [0, 0.05) is 4.90 Å². The van der Waals surface area contributed by atoms with E-state index in [2.05, 4.69) is 12.6 Å². The number of hydrogen-bond acceptors (Lipinski definition) is 2. The fourth-order valence-corrected chi connectivity index (χ4v) is 1.38. The molecule has 0 aliphatic heterocycles. The highest BCUT2D eigenvalue weighted by molar-refractivity contribution is 7.80. The number of hydrogen-bond donors (Lipinski definition) is 2. The van der Waals surface area contributed by atoms with Crippen molar-refractivity contribution >= 4 is 18.6 Å². The molecule has 0 heterocycles. The zero-order chi connectivity index (χ0) is 9.84. The van der Waals surface area contributed by atoms with E-state index in [-0.39, 0.29) is 6.42 Å². The third-order valence-corrected chi connectivity index (χ3v) is 2.33. The fourth-order valence-electron chi connectivity index (χ4n) is 1.16. The van der Waals surface area contributed by atoms with Crippen molar-refractivity contribution in [2.45, 2.75) is 24.7 Å². The van der Waals surface area contributed by atoms with Gasteiger partial charge in [-0.25, -0.2) is 0 Å². The maximum Gasteiger partial charge on any atom is 0.307 e. The quantitative estimate of drug-likeness (QED) is 0.727. The third kappa shape index (κ3) is 2.77. The van der Waals surface area contributed by atoms with Crippen molar-refractivity contribution in [1.29, 1.82) is 0 Å². The van der Waals surface area contributed by atoms with Crippen molar-refractivity contribution in [3.05, 3.63) is 29.3 Å². The second-order valence-corrected chi connectivity index (χ2v) is 3.37. The highest BCUT2D eigenvalue weighted by Gasteiger charge is 2.04. The first kappa shape index (κ1) is 10.1. The van der Waals surface area contributed by atoms with Crippen molar-refractivity contribution in [1.82, 2.24) is 0 Å². The SMILES string of the molecule is CCc1ccc(S)c(CC(=O)O)c1. The molecule has 1 rings (SSSR count). The molecule has 1 aromatic rings. The van der Waals surface area contributed by atoms with Gasteiger partial charge in [0.25, 0.3) is 0 Å². The van der Waals surface area contributed by atoms with Gasteiger partial charge in [-0.1, -0.05) is 19.1 Å². The van der Waals surface area contributed by atoms with E-state index in [0.29, 0.717) is 0 Å². The monoisotopic (exact) mass is 196 g/mol. The fraction of sp³-hybridized carbons (Fsp3) is 0.300. The lowest BCUT2D eigenvalue weighted by Gasteiger charge is -2.04. The number of carboxylic acid groups (broad SMARTS) is 1. The van der Waals surface area contributed by atoms with Crippen LogP contribution >= 0.6 is 12.6 Å². The largest absolute Gasteiger partial charge is 0.481 e. The van der Waals surface area contributed by atoms with Gasteiger partial charge in [0.05, 0.1) is 6.42 Å². The zero-order valence-electron chi connectivity index (χ0n) is 7.45. The number of aliphatic carboxylic acids is 1. The molecule has 13 heavy (non-hydrogen) atoms. The predicted octanol–water partition coefficient (Wildman–Crippen LogP) is 2.16. The van der Waals surface area contributed by atoms with Gasteiger partial charge < -0.3 is 5.11 Å². The summed E-state index contributed by atoms with van der Waals surface area (Å²) in [6.45, 7) is 2.04. The first-order valence-corrected chi connectivity index (χ1v) is 4.60. The van der Waals surface area contributed by atoms with E-state index in [1.807, 2.05) is 25.1 Å². The van der Waals surface area contributed by atoms with E-state index in [4.69, 9.17) is 5.11 Å². The van der Waals surface area contributed by atoms with Gasteiger partial charge in [-0.05, 0) is 23.6 Å². The Bertz CT molecular complexity index is 321. The number of benzene rings is 1. The molecule has 2 nitrogen and oxygen atoms in total. The molecule has 0 atom stereocenters. The van der Waals surface area contributed by atoms with E-state index in [9.17, 15) is 4.79 Å². The molecule has 0 saturated carbocycles. The number of thiol groups is 1. The molecule has 0 aliphatic carbocycles. The van der Waals surface area contributed by atoms with Crippen LogP contribution < -0.4 is 0 Å². The van der Waals surface area contributed by atoms with Crippen molar-refractivity contribution < 1.29 is 9.90 Å². The number of rotatable bonds is 3. The third-order valence-electron chi connectivity index (χ3n) is 1.89. The maximum absolute atomic E-state index is 10.5. The molecule has 3 heteroatoms. The molecule has 0 saturated heterocycles. The van der Waals surface area contributed by atoms with E-state index in [1.165, 1.54) is 0 Å². The highest BCUT2D eigenvalue weighted by atomic mass is 32.1. The van der Waals surface area contributed by atoms with E-state index in [1.54, 1.807) is 0 Å². The van der Waals surface area contributed by atoms with Crippen molar-refractivity contribution in [2.75, 3.05) is 0 Å². The topological polar surface area (TPSA) is 37.3 Å². The highest BCUT2D eigenvalue weighted by Crippen LogP contribution is 2.16. The van der Waals surface area contributed by atoms with E-state index >= 15 is 0 Å².